The van der Waals surface area contributed by atoms with E-state index in [1.165, 1.54) is 11.8 Å². The Bertz CT molecular complexity index is 758. The average molecular weight is 393 g/mol. The van der Waals surface area contributed by atoms with Crippen molar-refractivity contribution >= 4 is 17.7 Å². The second-order valence-electron chi connectivity index (χ2n) is 6.76. The predicted molar refractivity (Wildman–Crippen MR) is 107 cm³/mol. The van der Waals surface area contributed by atoms with E-state index in [9.17, 15) is 9.59 Å². The van der Waals surface area contributed by atoms with E-state index in [0.29, 0.717) is 30.6 Å². The summed E-state index contributed by atoms with van der Waals surface area (Å²) in [5.41, 5.74) is 0.830. The lowest BCUT2D eigenvalue weighted by molar-refractivity contribution is -0.119. The zero-order valence-electron chi connectivity index (χ0n) is 16.1. The molecule has 27 heavy (non-hydrogen) atoms. The van der Waals surface area contributed by atoms with Crippen LogP contribution in [0.2, 0.25) is 0 Å². The fraction of sp³-hybridized carbons (Fsp3) is 0.526. The number of hydrogen-bond donors (Lipinski definition) is 2. The average Bonchev–Trinajstić information content (AvgIpc) is 3.00. The Kier molecular flexibility index (Phi) is 8.60. The lowest BCUT2D eigenvalue weighted by Crippen LogP contribution is -2.31. The van der Waals surface area contributed by atoms with Crippen LogP contribution >= 0.6 is 11.8 Å². The van der Waals surface area contributed by atoms with Gasteiger partial charge in [-0.3, -0.25) is 9.36 Å². The summed E-state index contributed by atoms with van der Waals surface area (Å²) in [6.45, 7) is 5.35. The molecule has 2 aromatic rings. The Morgan fingerprint density at radius 2 is 2.07 bits per heavy atom. The van der Waals surface area contributed by atoms with E-state index >= 15 is 0 Å². The smallest absolute Gasteiger partial charge is 0.343 e. The number of methoxy groups -OCH3 is 1. The first-order valence-electron chi connectivity index (χ1n) is 9.12. The van der Waals surface area contributed by atoms with E-state index < -0.39 is 0 Å². The number of benzene rings is 1. The number of thioether (sulfide) groups is 1. The maximum absolute atomic E-state index is 12.5. The van der Waals surface area contributed by atoms with Crippen LogP contribution in [-0.4, -0.2) is 40.1 Å². The lowest BCUT2D eigenvalue weighted by Gasteiger charge is -2.21. The van der Waals surface area contributed by atoms with Crippen LogP contribution in [0.5, 0.6) is 0 Å². The molecule has 0 fully saturated rings. The van der Waals surface area contributed by atoms with Gasteiger partial charge in [-0.25, -0.2) is 9.89 Å². The van der Waals surface area contributed by atoms with Crippen molar-refractivity contribution in [2.45, 2.75) is 44.4 Å². The standard InChI is InChI=1S/C19H28N4O3S/c1-14(2)12-16(15-8-5-4-6-9-15)20-17(24)13-27-19-22-21-18(25)23(19)10-7-11-26-3/h4-6,8-9,14,16H,7,10-13H2,1-3H3,(H,20,24)(H,21,25). The molecule has 0 saturated carbocycles. The first-order chi connectivity index (χ1) is 13.0. The molecular formula is C19H28N4O3S. The Labute approximate surface area is 163 Å². The molecule has 1 aromatic carbocycles. The van der Waals surface area contributed by atoms with Gasteiger partial charge in [-0.2, -0.15) is 0 Å². The highest BCUT2D eigenvalue weighted by atomic mass is 32.2. The van der Waals surface area contributed by atoms with Crippen molar-refractivity contribution in [3.8, 4) is 0 Å². The fourth-order valence-corrected chi connectivity index (χ4v) is 3.56. The van der Waals surface area contributed by atoms with Gasteiger partial charge in [0.25, 0.3) is 0 Å². The molecule has 0 aliphatic heterocycles. The number of rotatable bonds is 11. The number of ether oxygens (including phenoxy) is 1. The Morgan fingerprint density at radius 3 is 2.74 bits per heavy atom. The maximum Gasteiger partial charge on any atom is 0.343 e. The van der Waals surface area contributed by atoms with Gasteiger partial charge in [0.1, 0.15) is 0 Å². The fourth-order valence-electron chi connectivity index (χ4n) is 2.78. The summed E-state index contributed by atoms with van der Waals surface area (Å²) >= 11 is 1.26. The van der Waals surface area contributed by atoms with E-state index in [1.807, 2.05) is 30.3 Å². The van der Waals surface area contributed by atoms with Crippen LogP contribution in [0, 0.1) is 5.92 Å². The van der Waals surface area contributed by atoms with Crippen LogP contribution in [0.4, 0.5) is 0 Å². The van der Waals surface area contributed by atoms with Crippen LogP contribution in [0.3, 0.4) is 0 Å². The topological polar surface area (TPSA) is 89.0 Å². The van der Waals surface area contributed by atoms with Crippen molar-refractivity contribution in [1.82, 2.24) is 20.1 Å². The zero-order valence-corrected chi connectivity index (χ0v) is 16.9. The summed E-state index contributed by atoms with van der Waals surface area (Å²) in [5.74, 6) is 0.588. The number of amides is 1. The zero-order chi connectivity index (χ0) is 19.6. The van der Waals surface area contributed by atoms with Gasteiger partial charge in [-0.15, -0.1) is 5.10 Å². The minimum atomic E-state index is -0.268. The Morgan fingerprint density at radius 1 is 1.33 bits per heavy atom. The van der Waals surface area contributed by atoms with E-state index in [4.69, 9.17) is 4.74 Å². The molecule has 1 atom stereocenters. The Hall–Kier alpha value is -2.06. The Balaban J connectivity index is 1.95. The number of aromatic amines is 1. The highest BCUT2D eigenvalue weighted by Gasteiger charge is 2.17. The summed E-state index contributed by atoms with van der Waals surface area (Å²) in [4.78, 5) is 24.3. The largest absolute Gasteiger partial charge is 0.385 e. The third kappa shape index (κ3) is 6.88. The summed E-state index contributed by atoms with van der Waals surface area (Å²) < 4.78 is 6.56. The number of nitrogens with one attached hydrogen (secondary N) is 2. The molecule has 1 amide bonds. The van der Waals surface area contributed by atoms with E-state index in [2.05, 4.69) is 29.4 Å². The molecule has 8 heteroatoms. The molecular weight excluding hydrogens is 364 g/mol. The van der Waals surface area contributed by atoms with Crippen molar-refractivity contribution in [2.24, 2.45) is 5.92 Å². The summed E-state index contributed by atoms with van der Waals surface area (Å²) in [5, 5.41) is 10.1. The number of carbonyl (C=O) groups is 1. The second kappa shape index (κ2) is 10.9. The van der Waals surface area contributed by atoms with Crippen LogP contribution in [0.25, 0.3) is 0 Å². The van der Waals surface area contributed by atoms with Crippen LogP contribution in [0.1, 0.15) is 38.3 Å². The van der Waals surface area contributed by atoms with Gasteiger partial charge in [-0.05, 0) is 24.3 Å². The summed E-state index contributed by atoms with van der Waals surface area (Å²) in [6.07, 6.45) is 1.57. The molecule has 7 nitrogen and oxygen atoms in total. The highest BCUT2D eigenvalue weighted by molar-refractivity contribution is 7.99. The quantitative estimate of drug-likeness (QED) is 0.453. The first kappa shape index (κ1) is 21.2. The van der Waals surface area contributed by atoms with Crippen LogP contribution in [0.15, 0.2) is 40.3 Å². The molecule has 0 bridgehead atoms. The van der Waals surface area contributed by atoms with Crippen molar-refractivity contribution in [1.29, 1.82) is 0 Å². The minimum Gasteiger partial charge on any atom is -0.385 e. The molecule has 0 aliphatic carbocycles. The van der Waals surface area contributed by atoms with Crippen LogP contribution < -0.4 is 11.0 Å². The molecule has 1 unspecified atom stereocenters. The number of H-pyrrole nitrogens is 1. The molecule has 1 heterocycles. The van der Waals surface area contributed by atoms with E-state index in [-0.39, 0.29) is 23.4 Å². The third-order valence-corrected chi connectivity index (χ3v) is 5.01. The van der Waals surface area contributed by atoms with Gasteiger partial charge in [0.15, 0.2) is 5.16 Å². The van der Waals surface area contributed by atoms with Gasteiger partial charge in [-0.1, -0.05) is 55.9 Å². The van der Waals surface area contributed by atoms with Crippen LogP contribution in [-0.2, 0) is 16.1 Å². The van der Waals surface area contributed by atoms with Gasteiger partial charge >= 0.3 is 5.69 Å². The van der Waals surface area contributed by atoms with Gasteiger partial charge < -0.3 is 10.1 Å². The molecule has 0 spiro atoms. The third-order valence-electron chi connectivity index (χ3n) is 4.03. The first-order valence-corrected chi connectivity index (χ1v) is 10.1. The predicted octanol–water partition coefficient (Wildman–Crippen LogP) is 2.60. The number of carbonyl (C=O) groups excluding carboxylic acids is 1. The molecule has 2 rings (SSSR count). The molecule has 148 valence electrons. The van der Waals surface area contributed by atoms with Gasteiger partial charge in [0.2, 0.25) is 5.91 Å². The van der Waals surface area contributed by atoms with Crippen molar-refractivity contribution < 1.29 is 9.53 Å². The number of nitrogens with zero attached hydrogens (tertiary/aromatic N) is 2. The summed E-state index contributed by atoms with van der Waals surface area (Å²) in [7, 11) is 1.62. The normalized spacial score (nSPS) is 12.3. The molecule has 1 aromatic heterocycles. The van der Waals surface area contributed by atoms with E-state index in [0.717, 1.165) is 12.0 Å². The SMILES string of the molecule is COCCCn1c(SCC(=O)NC(CC(C)C)c2ccccc2)n[nH]c1=O. The van der Waals surface area contributed by atoms with E-state index in [1.54, 1.807) is 11.7 Å². The molecule has 0 aliphatic rings. The molecule has 0 radical (unpaired) electrons. The molecule has 0 saturated heterocycles. The van der Waals surface area contributed by atoms with Crippen molar-refractivity contribution in [3.63, 3.8) is 0 Å². The lowest BCUT2D eigenvalue weighted by atomic mass is 9.97. The monoisotopic (exact) mass is 392 g/mol. The van der Waals surface area contributed by atoms with Crippen molar-refractivity contribution in [3.05, 3.63) is 46.4 Å². The van der Waals surface area contributed by atoms with Gasteiger partial charge in [0, 0.05) is 20.3 Å². The number of aromatic nitrogens is 3. The minimum absolute atomic E-state index is 0.0256. The van der Waals surface area contributed by atoms with Crippen molar-refractivity contribution in [2.75, 3.05) is 19.5 Å². The second-order valence-corrected chi connectivity index (χ2v) is 7.70. The summed E-state index contributed by atoms with van der Waals surface area (Å²) in [6, 6.07) is 9.96. The highest BCUT2D eigenvalue weighted by Crippen LogP contribution is 2.22. The number of hydrogen-bond acceptors (Lipinski definition) is 5. The maximum atomic E-state index is 12.5. The molecule has 2 N–H and O–H groups in total. The van der Waals surface area contributed by atoms with Gasteiger partial charge in [0.05, 0.1) is 11.8 Å².